The first-order valence-electron chi connectivity index (χ1n) is 7.04. The maximum Gasteiger partial charge on any atom is 0.279 e. The second-order valence-electron chi connectivity index (χ2n) is 5.26. The molecule has 2 rings (SSSR count). The van der Waals surface area contributed by atoms with Crippen LogP contribution < -0.4 is 10.2 Å². The van der Waals surface area contributed by atoms with Gasteiger partial charge in [-0.2, -0.15) is 0 Å². The fourth-order valence-corrected chi connectivity index (χ4v) is 2.27. The van der Waals surface area contributed by atoms with Crippen LogP contribution in [0.1, 0.15) is 5.56 Å². The van der Waals surface area contributed by atoms with Crippen LogP contribution in [0.4, 0.5) is 15.8 Å². The molecule has 2 N–H and O–H groups in total. The van der Waals surface area contributed by atoms with Crippen molar-refractivity contribution in [3.63, 3.8) is 0 Å². The van der Waals surface area contributed by atoms with Gasteiger partial charge in [-0.3, -0.25) is 14.9 Å². The molecule has 7 heteroatoms. The number of rotatable bonds is 6. The van der Waals surface area contributed by atoms with Crippen LogP contribution in [0.25, 0.3) is 0 Å². The molecule has 1 unspecified atom stereocenters. The lowest BCUT2D eigenvalue weighted by molar-refractivity contribution is -0.885. The topological polar surface area (TPSA) is 76.7 Å². The van der Waals surface area contributed by atoms with Crippen LogP contribution in [0.15, 0.2) is 48.5 Å². The number of anilines is 1. The van der Waals surface area contributed by atoms with E-state index in [4.69, 9.17) is 0 Å². The Kier molecular flexibility index (Phi) is 5.37. The maximum absolute atomic E-state index is 13.1. The van der Waals surface area contributed by atoms with Gasteiger partial charge in [-0.05, 0) is 24.3 Å². The highest BCUT2D eigenvalue weighted by Gasteiger charge is 2.18. The van der Waals surface area contributed by atoms with E-state index in [0.717, 1.165) is 4.90 Å². The summed E-state index contributed by atoms with van der Waals surface area (Å²) < 4.78 is 13.1. The Bertz CT molecular complexity index is 721. The Morgan fingerprint density at radius 2 is 2.00 bits per heavy atom. The van der Waals surface area contributed by atoms with Crippen molar-refractivity contribution >= 4 is 17.3 Å². The van der Waals surface area contributed by atoms with Gasteiger partial charge >= 0.3 is 0 Å². The van der Waals surface area contributed by atoms with Crippen LogP contribution in [0.5, 0.6) is 0 Å². The minimum Gasteiger partial charge on any atom is -0.326 e. The zero-order valence-electron chi connectivity index (χ0n) is 12.6. The summed E-state index contributed by atoms with van der Waals surface area (Å²) >= 11 is 0. The lowest BCUT2D eigenvalue weighted by Crippen LogP contribution is -3.08. The van der Waals surface area contributed by atoms with E-state index >= 15 is 0 Å². The van der Waals surface area contributed by atoms with Crippen molar-refractivity contribution in [3.05, 3.63) is 70.0 Å². The molecule has 2 aromatic carbocycles. The van der Waals surface area contributed by atoms with Crippen LogP contribution in [-0.2, 0) is 11.3 Å². The number of halogens is 1. The average Bonchev–Trinajstić information content (AvgIpc) is 2.47. The molecule has 23 heavy (non-hydrogen) atoms. The monoisotopic (exact) mass is 318 g/mol. The van der Waals surface area contributed by atoms with E-state index in [0.29, 0.717) is 17.8 Å². The highest BCUT2D eigenvalue weighted by atomic mass is 19.1. The summed E-state index contributed by atoms with van der Waals surface area (Å²) in [6.45, 7) is 0.455. The molecule has 0 aromatic heterocycles. The molecule has 0 aliphatic carbocycles. The van der Waals surface area contributed by atoms with Crippen molar-refractivity contribution in [2.24, 2.45) is 0 Å². The summed E-state index contributed by atoms with van der Waals surface area (Å²) in [5.74, 6) is -0.713. The molecule has 0 bridgehead atoms. The third-order valence-corrected chi connectivity index (χ3v) is 3.25. The summed E-state index contributed by atoms with van der Waals surface area (Å²) in [6, 6.07) is 12.1. The second kappa shape index (κ2) is 7.46. The van der Waals surface area contributed by atoms with E-state index < -0.39 is 10.7 Å². The van der Waals surface area contributed by atoms with Crippen molar-refractivity contribution in [1.29, 1.82) is 0 Å². The average molecular weight is 318 g/mol. The van der Waals surface area contributed by atoms with E-state index in [2.05, 4.69) is 5.32 Å². The van der Waals surface area contributed by atoms with Crippen LogP contribution in [0.2, 0.25) is 0 Å². The van der Waals surface area contributed by atoms with E-state index in [1.54, 1.807) is 31.3 Å². The number of amides is 1. The van der Waals surface area contributed by atoms with Crippen LogP contribution >= 0.6 is 0 Å². The number of hydrogen-bond acceptors (Lipinski definition) is 3. The Hall–Kier alpha value is -2.80. The number of hydrogen-bond donors (Lipinski definition) is 2. The zero-order valence-corrected chi connectivity index (χ0v) is 12.6. The van der Waals surface area contributed by atoms with Gasteiger partial charge in [0.1, 0.15) is 12.4 Å². The molecule has 120 valence electrons. The molecule has 0 saturated carbocycles. The highest BCUT2D eigenvalue weighted by molar-refractivity contribution is 5.91. The molecular weight excluding hydrogens is 301 g/mol. The normalized spacial score (nSPS) is 11.7. The molecule has 0 radical (unpaired) electrons. The molecule has 0 spiro atoms. The lowest BCUT2D eigenvalue weighted by Gasteiger charge is -2.14. The molecule has 0 aliphatic rings. The molecule has 2 aromatic rings. The Morgan fingerprint density at radius 1 is 1.26 bits per heavy atom. The van der Waals surface area contributed by atoms with Crippen molar-refractivity contribution < 1.29 is 19.0 Å². The Labute approximate surface area is 132 Å². The molecule has 0 heterocycles. The zero-order chi connectivity index (χ0) is 16.8. The van der Waals surface area contributed by atoms with Gasteiger partial charge in [-0.15, -0.1) is 0 Å². The van der Waals surface area contributed by atoms with Gasteiger partial charge in [0.25, 0.3) is 11.6 Å². The summed E-state index contributed by atoms with van der Waals surface area (Å²) in [5, 5.41) is 13.6. The summed E-state index contributed by atoms with van der Waals surface area (Å²) in [5.41, 5.74) is 0.986. The van der Waals surface area contributed by atoms with Gasteiger partial charge < -0.3 is 10.2 Å². The number of carbonyl (C=O) groups excluding carboxylic acids is 1. The number of benzene rings is 2. The summed E-state index contributed by atoms with van der Waals surface area (Å²) in [7, 11) is 1.77. The van der Waals surface area contributed by atoms with Crippen molar-refractivity contribution in [2.45, 2.75) is 6.54 Å². The number of quaternary nitrogens is 1. The number of nitro groups is 1. The van der Waals surface area contributed by atoms with Crippen LogP contribution in [-0.4, -0.2) is 24.4 Å². The fourth-order valence-electron chi connectivity index (χ4n) is 2.27. The Balaban J connectivity index is 1.95. The number of nitrogens with zero attached hydrogens (tertiary/aromatic N) is 1. The van der Waals surface area contributed by atoms with E-state index in [9.17, 15) is 19.3 Å². The molecule has 6 nitrogen and oxygen atoms in total. The van der Waals surface area contributed by atoms with E-state index in [1.165, 1.54) is 24.3 Å². The van der Waals surface area contributed by atoms with Gasteiger partial charge in [0.05, 0.1) is 17.5 Å². The molecular formula is C16H17FN3O3+. The predicted octanol–water partition coefficient (Wildman–Crippen LogP) is 1.39. The van der Waals surface area contributed by atoms with Crippen molar-refractivity contribution in [1.82, 2.24) is 0 Å². The van der Waals surface area contributed by atoms with Gasteiger partial charge in [0.15, 0.2) is 6.54 Å². The van der Waals surface area contributed by atoms with Crippen LogP contribution in [0.3, 0.4) is 0 Å². The SMILES string of the molecule is C[NH+](CC(=O)Nc1cccc(F)c1)Cc1ccccc1[N+](=O)[O-]. The largest absolute Gasteiger partial charge is 0.326 e. The van der Waals surface area contributed by atoms with Crippen LogP contribution in [0, 0.1) is 15.9 Å². The summed E-state index contributed by atoms with van der Waals surface area (Å²) in [6.07, 6.45) is 0. The predicted molar refractivity (Wildman–Crippen MR) is 83.6 cm³/mol. The first kappa shape index (κ1) is 16.6. The summed E-state index contributed by atoms with van der Waals surface area (Å²) in [4.78, 5) is 23.3. The third-order valence-electron chi connectivity index (χ3n) is 3.25. The minimum absolute atomic E-state index is 0.0392. The lowest BCUT2D eigenvalue weighted by atomic mass is 10.1. The van der Waals surface area contributed by atoms with Gasteiger partial charge in [0, 0.05) is 11.8 Å². The van der Waals surface area contributed by atoms with E-state index in [1.807, 2.05) is 0 Å². The van der Waals surface area contributed by atoms with Gasteiger partial charge in [-0.25, -0.2) is 4.39 Å². The van der Waals surface area contributed by atoms with Gasteiger partial charge in [-0.1, -0.05) is 18.2 Å². The number of nitrogens with one attached hydrogen (secondary N) is 2. The maximum atomic E-state index is 13.1. The molecule has 0 aliphatic heterocycles. The number of carbonyl (C=O) groups is 1. The molecule has 0 fully saturated rings. The fraction of sp³-hybridized carbons (Fsp3) is 0.188. The third kappa shape index (κ3) is 4.86. The highest BCUT2D eigenvalue weighted by Crippen LogP contribution is 2.16. The minimum atomic E-state index is -0.435. The van der Waals surface area contributed by atoms with Crippen molar-refractivity contribution in [3.8, 4) is 0 Å². The standard InChI is InChI=1S/C16H16FN3O3/c1-19(10-12-5-2-3-8-15(12)20(22)23)11-16(21)18-14-7-4-6-13(17)9-14/h2-9H,10-11H2,1H3,(H,18,21)/p+1. The number of nitro benzene ring substituents is 1. The smallest absolute Gasteiger partial charge is 0.279 e. The Morgan fingerprint density at radius 3 is 2.70 bits per heavy atom. The quantitative estimate of drug-likeness (QED) is 0.624. The first-order chi connectivity index (χ1) is 11.0. The number of para-hydroxylation sites is 1. The second-order valence-corrected chi connectivity index (χ2v) is 5.26. The van der Waals surface area contributed by atoms with Gasteiger partial charge in [0.2, 0.25) is 0 Å². The van der Waals surface area contributed by atoms with E-state index in [-0.39, 0.29) is 18.1 Å². The molecule has 0 saturated heterocycles. The van der Waals surface area contributed by atoms with Crippen molar-refractivity contribution in [2.75, 3.05) is 18.9 Å². The molecule has 1 amide bonds. The first-order valence-corrected chi connectivity index (χ1v) is 7.04. The molecule has 1 atom stereocenters. The number of likely N-dealkylation sites (N-methyl/N-ethyl adjacent to an activating group) is 1.